The van der Waals surface area contributed by atoms with Crippen LogP contribution in [0.25, 0.3) is 0 Å². The monoisotopic (exact) mass is 249 g/mol. The highest BCUT2D eigenvalue weighted by Crippen LogP contribution is 2.34. The smallest absolute Gasteiger partial charge is 0.123 e. The van der Waals surface area contributed by atoms with E-state index in [-0.39, 0.29) is 0 Å². The second-order valence-electron chi connectivity index (χ2n) is 4.90. The van der Waals surface area contributed by atoms with Gasteiger partial charge in [0.25, 0.3) is 0 Å². The van der Waals surface area contributed by atoms with Gasteiger partial charge in [-0.1, -0.05) is 19.1 Å². The van der Waals surface area contributed by atoms with Crippen LogP contribution in [0.4, 0.5) is 0 Å². The van der Waals surface area contributed by atoms with Gasteiger partial charge in [0.1, 0.15) is 5.75 Å². The fourth-order valence-electron chi connectivity index (χ4n) is 2.64. The predicted molar refractivity (Wildman–Crippen MR) is 73.1 cm³/mol. The maximum Gasteiger partial charge on any atom is 0.123 e. The number of aryl methyl sites for hydroxylation is 1. The minimum atomic E-state index is 0.327. The lowest BCUT2D eigenvalue weighted by Gasteiger charge is -2.25. The average Bonchev–Trinajstić information content (AvgIpc) is 2.90. The number of ether oxygens (including phenoxy) is 2. The van der Waals surface area contributed by atoms with Crippen molar-refractivity contribution in [3.8, 4) is 5.75 Å². The maximum atomic E-state index is 5.53. The number of rotatable bonds is 5. The van der Waals surface area contributed by atoms with Crippen LogP contribution in [0, 0.1) is 12.8 Å². The van der Waals surface area contributed by atoms with Crippen LogP contribution < -0.4 is 10.1 Å². The molecule has 1 N–H and O–H groups in total. The summed E-state index contributed by atoms with van der Waals surface area (Å²) in [7, 11) is 1.74. The largest absolute Gasteiger partial charge is 0.496 e. The molecule has 2 rings (SSSR count). The van der Waals surface area contributed by atoms with E-state index < -0.39 is 0 Å². The molecule has 2 atom stereocenters. The highest BCUT2D eigenvalue weighted by molar-refractivity contribution is 5.39. The van der Waals surface area contributed by atoms with E-state index in [4.69, 9.17) is 9.47 Å². The van der Waals surface area contributed by atoms with Crippen molar-refractivity contribution in [1.82, 2.24) is 5.32 Å². The Bertz CT molecular complexity index is 386. The summed E-state index contributed by atoms with van der Waals surface area (Å²) in [5.41, 5.74) is 2.48. The number of benzene rings is 1. The van der Waals surface area contributed by atoms with E-state index in [0.717, 1.165) is 31.9 Å². The molecule has 1 aromatic rings. The third-order valence-electron chi connectivity index (χ3n) is 3.58. The SMILES string of the molecule is CCNC(c1ccc(C)cc1OC)C1CCOC1. The number of hydrogen-bond acceptors (Lipinski definition) is 3. The first-order valence-corrected chi connectivity index (χ1v) is 6.72. The van der Waals surface area contributed by atoms with Gasteiger partial charge in [0.2, 0.25) is 0 Å². The Labute approximate surface area is 109 Å². The van der Waals surface area contributed by atoms with Crippen LogP contribution in [-0.4, -0.2) is 26.9 Å². The molecule has 0 radical (unpaired) electrons. The maximum absolute atomic E-state index is 5.53. The van der Waals surface area contributed by atoms with Gasteiger partial charge in [-0.05, 0) is 31.5 Å². The highest BCUT2D eigenvalue weighted by atomic mass is 16.5. The van der Waals surface area contributed by atoms with Crippen LogP contribution in [0.1, 0.15) is 30.5 Å². The lowest BCUT2D eigenvalue weighted by atomic mass is 9.91. The fourth-order valence-corrected chi connectivity index (χ4v) is 2.64. The third kappa shape index (κ3) is 2.85. The van der Waals surface area contributed by atoms with Crippen LogP contribution in [0.15, 0.2) is 18.2 Å². The zero-order valence-corrected chi connectivity index (χ0v) is 11.5. The molecular formula is C15H23NO2. The summed E-state index contributed by atoms with van der Waals surface area (Å²) in [6.07, 6.45) is 1.12. The summed E-state index contributed by atoms with van der Waals surface area (Å²) < 4.78 is 11.1. The minimum absolute atomic E-state index is 0.327. The molecule has 1 fully saturated rings. The van der Waals surface area contributed by atoms with Crippen LogP contribution in [-0.2, 0) is 4.74 Å². The van der Waals surface area contributed by atoms with E-state index in [2.05, 4.69) is 37.4 Å². The molecule has 2 unspecified atom stereocenters. The normalized spacial score (nSPS) is 20.9. The molecule has 1 aromatic carbocycles. The first-order valence-electron chi connectivity index (χ1n) is 6.72. The van der Waals surface area contributed by atoms with Crippen molar-refractivity contribution in [3.63, 3.8) is 0 Å². The molecule has 1 heterocycles. The molecule has 100 valence electrons. The topological polar surface area (TPSA) is 30.5 Å². The molecule has 1 aliphatic heterocycles. The summed E-state index contributed by atoms with van der Waals surface area (Å²) in [5, 5.41) is 3.58. The van der Waals surface area contributed by atoms with Crippen molar-refractivity contribution in [2.75, 3.05) is 26.9 Å². The second-order valence-corrected chi connectivity index (χ2v) is 4.90. The van der Waals surface area contributed by atoms with Crippen LogP contribution >= 0.6 is 0 Å². The van der Waals surface area contributed by atoms with Crippen molar-refractivity contribution in [2.45, 2.75) is 26.3 Å². The van der Waals surface area contributed by atoms with Gasteiger partial charge in [0, 0.05) is 24.1 Å². The van der Waals surface area contributed by atoms with Crippen molar-refractivity contribution in [3.05, 3.63) is 29.3 Å². The van der Waals surface area contributed by atoms with Crippen molar-refractivity contribution >= 4 is 0 Å². The van der Waals surface area contributed by atoms with Gasteiger partial charge in [0.05, 0.1) is 13.7 Å². The van der Waals surface area contributed by atoms with Crippen LogP contribution in [0.3, 0.4) is 0 Å². The zero-order chi connectivity index (χ0) is 13.0. The van der Waals surface area contributed by atoms with E-state index in [9.17, 15) is 0 Å². The van der Waals surface area contributed by atoms with Gasteiger partial charge in [-0.2, -0.15) is 0 Å². The van der Waals surface area contributed by atoms with E-state index in [1.807, 2.05) is 0 Å². The Morgan fingerprint density at radius 2 is 2.33 bits per heavy atom. The second kappa shape index (κ2) is 6.21. The number of methoxy groups -OCH3 is 1. The molecule has 0 amide bonds. The van der Waals surface area contributed by atoms with Gasteiger partial charge in [-0.25, -0.2) is 0 Å². The first-order chi connectivity index (χ1) is 8.76. The Balaban J connectivity index is 2.28. The van der Waals surface area contributed by atoms with Crippen LogP contribution in [0.2, 0.25) is 0 Å². The van der Waals surface area contributed by atoms with Crippen LogP contribution in [0.5, 0.6) is 5.75 Å². The summed E-state index contributed by atoms with van der Waals surface area (Å²) in [4.78, 5) is 0. The highest BCUT2D eigenvalue weighted by Gasteiger charge is 2.28. The van der Waals surface area contributed by atoms with Gasteiger partial charge in [-0.3, -0.25) is 0 Å². The van der Waals surface area contributed by atoms with E-state index in [0.29, 0.717) is 12.0 Å². The fraction of sp³-hybridized carbons (Fsp3) is 0.600. The minimum Gasteiger partial charge on any atom is -0.496 e. The Hall–Kier alpha value is -1.06. The molecule has 0 spiro atoms. The van der Waals surface area contributed by atoms with Crippen molar-refractivity contribution in [2.24, 2.45) is 5.92 Å². The molecule has 3 nitrogen and oxygen atoms in total. The molecular weight excluding hydrogens is 226 g/mol. The van der Waals surface area contributed by atoms with Crippen molar-refractivity contribution in [1.29, 1.82) is 0 Å². The Morgan fingerprint density at radius 1 is 1.50 bits per heavy atom. The predicted octanol–water partition coefficient (Wildman–Crippen LogP) is 2.69. The molecule has 0 bridgehead atoms. The average molecular weight is 249 g/mol. The molecule has 18 heavy (non-hydrogen) atoms. The Kier molecular flexibility index (Phi) is 4.61. The molecule has 0 saturated carbocycles. The lowest BCUT2D eigenvalue weighted by Crippen LogP contribution is -2.29. The van der Waals surface area contributed by atoms with E-state index in [1.54, 1.807) is 7.11 Å². The number of nitrogens with one attached hydrogen (secondary N) is 1. The summed E-state index contributed by atoms with van der Waals surface area (Å²) in [6.45, 7) is 6.91. The molecule has 0 aromatic heterocycles. The van der Waals surface area contributed by atoms with Gasteiger partial charge >= 0.3 is 0 Å². The molecule has 1 aliphatic rings. The summed E-state index contributed by atoms with van der Waals surface area (Å²) in [6, 6.07) is 6.76. The molecule has 1 saturated heterocycles. The first kappa shape index (κ1) is 13.4. The van der Waals surface area contributed by atoms with Crippen molar-refractivity contribution < 1.29 is 9.47 Å². The van der Waals surface area contributed by atoms with E-state index >= 15 is 0 Å². The third-order valence-corrected chi connectivity index (χ3v) is 3.58. The van der Waals surface area contributed by atoms with E-state index in [1.165, 1.54) is 11.1 Å². The Morgan fingerprint density at radius 3 is 2.94 bits per heavy atom. The van der Waals surface area contributed by atoms with Gasteiger partial charge in [-0.15, -0.1) is 0 Å². The van der Waals surface area contributed by atoms with Gasteiger partial charge in [0.15, 0.2) is 0 Å². The quantitative estimate of drug-likeness (QED) is 0.870. The number of hydrogen-bond donors (Lipinski definition) is 1. The summed E-state index contributed by atoms with van der Waals surface area (Å²) in [5.74, 6) is 1.52. The molecule has 0 aliphatic carbocycles. The zero-order valence-electron chi connectivity index (χ0n) is 11.5. The molecule has 3 heteroatoms. The van der Waals surface area contributed by atoms with Gasteiger partial charge < -0.3 is 14.8 Å². The lowest BCUT2D eigenvalue weighted by molar-refractivity contribution is 0.176. The standard InChI is InChI=1S/C15H23NO2/c1-4-16-15(12-7-8-18-10-12)13-6-5-11(2)9-14(13)17-3/h5-6,9,12,15-16H,4,7-8,10H2,1-3H3. The summed E-state index contributed by atoms with van der Waals surface area (Å²) >= 11 is 0.